The minimum absolute atomic E-state index is 0.123. The average molecular weight is 278 g/mol. The van der Waals surface area contributed by atoms with Crippen molar-refractivity contribution >= 4 is 5.91 Å². The second-order valence-corrected chi connectivity index (χ2v) is 6.05. The lowest BCUT2D eigenvalue weighted by atomic mass is 9.85. The predicted molar refractivity (Wildman–Crippen MR) is 77.8 cm³/mol. The Morgan fingerprint density at radius 1 is 1.50 bits per heavy atom. The van der Waals surface area contributed by atoms with E-state index >= 15 is 0 Å². The summed E-state index contributed by atoms with van der Waals surface area (Å²) in [6, 6.07) is 6.50. The molecule has 2 N–H and O–H groups in total. The van der Waals surface area contributed by atoms with E-state index < -0.39 is 0 Å². The molecule has 0 bridgehead atoms. The molecule has 0 aliphatic carbocycles. The molecular weight excluding hydrogens is 255 g/mol. The number of halogens is 1. The van der Waals surface area contributed by atoms with Crippen molar-refractivity contribution in [3.63, 3.8) is 0 Å². The van der Waals surface area contributed by atoms with Crippen LogP contribution in [0.3, 0.4) is 0 Å². The summed E-state index contributed by atoms with van der Waals surface area (Å²) in [5, 5.41) is 0. The quantitative estimate of drug-likeness (QED) is 0.923. The lowest BCUT2D eigenvalue weighted by Gasteiger charge is -2.37. The van der Waals surface area contributed by atoms with Crippen molar-refractivity contribution in [3.8, 4) is 0 Å². The highest BCUT2D eigenvalue weighted by atomic mass is 19.1. The highest BCUT2D eigenvalue weighted by Gasteiger charge is 2.30. The molecule has 2 atom stereocenters. The van der Waals surface area contributed by atoms with Gasteiger partial charge in [0.15, 0.2) is 0 Å². The van der Waals surface area contributed by atoms with Crippen LogP contribution in [-0.2, 0) is 4.79 Å². The molecule has 20 heavy (non-hydrogen) atoms. The second-order valence-electron chi connectivity index (χ2n) is 6.05. The zero-order valence-electron chi connectivity index (χ0n) is 12.2. The first-order valence-electron chi connectivity index (χ1n) is 7.26. The van der Waals surface area contributed by atoms with E-state index in [4.69, 9.17) is 5.73 Å². The fraction of sp³-hybridized carbons (Fsp3) is 0.562. The number of hydrogen-bond donors (Lipinski definition) is 1. The largest absolute Gasteiger partial charge is 0.341 e. The third-order valence-electron chi connectivity index (χ3n) is 3.87. The van der Waals surface area contributed by atoms with Gasteiger partial charge in [0, 0.05) is 31.5 Å². The SMILES string of the molecule is CC(C)CC(=O)N1CCC(c2cccc(F)c2)C(N)C1. The van der Waals surface area contributed by atoms with Gasteiger partial charge in [-0.2, -0.15) is 0 Å². The second kappa shape index (κ2) is 6.35. The van der Waals surface area contributed by atoms with Gasteiger partial charge in [-0.25, -0.2) is 4.39 Å². The van der Waals surface area contributed by atoms with E-state index in [2.05, 4.69) is 0 Å². The Labute approximate surface area is 120 Å². The number of carbonyl (C=O) groups is 1. The number of carbonyl (C=O) groups excluding carboxylic acids is 1. The molecule has 1 fully saturated rings. The number of likely N-dealkylation sites (tertiary alicyclic amines) is 1. The summed E-state index contributed by atoms with van der Waals surface area (Å²) in [6.07, 6.45) is 1.37. The van der Waals surface area contributed by atoms with Crippen LogP contribution in [0.5, 0.6) is 0 Å². The van der Waals surface area contributed by atoms with E-state index in [1.165, 1.54) is 6.07 Å². The number of nitrogens with two attached hydrogens (primary N) is 1. The van der Waals surface area contributed by atoms with Crippen molar-refractivity contribution in [2.75, 3.05) is 13.1 Å². The molecule has 110 valence electrons. The molecule has 0 saturated carbocycles. The molecule has 3 nitrogen and oxygen atoms in total. The smallest absolute Gasteiger partial charge is 0.222 e. The number of rotatable bonds is 3. The Kier molecular flexibility index (Phi) is 4.76. The number of amides is 1. The molecule has 2 rings (SSSR count). The highest BCUT2D eigenvalue weighted by Crippen LogP contribution is 2.28. The third-order valence-corrected chi connectivity index (χ3v) is 3.87. The first-order chi connectivity index (χ1) is 9.47. The van der Waals surface area contributed by atoms with Crippen molar-refractivity contribution < 1.29 is 9.18 Å². The van der Waals surface area contributed by atoms with Crippen molar-refractivity contribution in [3.05, 3.63) is 35.6 Å². The van der Waals surface area contributed by atoms with Gasteiger partial charge < -0.3 is 10.6 Å². The summed E-state index contributed by atoms with van der Waals surface area (Å²) in [7, 11) is 0. The van der Waals surface area contributed by atoms with Crippen LogP contribution in [-0.4, -0.2) is 29.9 Å². The zero-order chi connectivity index (χ0) is 14.7. The molecular formula is C16H23FN2O. The summed E-state index contributed by atoms with van der Waals surface area (Å²) < 4.78 is 13.3. The molecule has 1 aliphatic heterocycles. The van der Waals surface area contributed by atoms with Crippen LogP contribution in [0.1, 0.15) is 38.2 Å². The fourth-order valence-corrected chi connectivity index (χ4v) is 2.84. The van der Waals surface area contributed by atoms with Gasteiger partial charge in [-0.3, -0.25) is 4.79 Å². The zero-order valence-corrected chi connectivity index (χ0v) is 12.2. The Morgan fingerprint density at radius 2 is 2.25 bits per heavy atom. The van der Waals surface area contributed by atoms with Gasteiger partial charge in [-0.1, -0.05) is 26.0 Å². The lowest BCUT2D eigenvalue weighted by Crippen LogP contribution is -2.49. The molecule has 1 aromatic rings. The molecule has 1 saturated heterocycles. The van der Waals surface area contributed by atoms with E-state index in [0.29, 0.717) is 25.4 Å². The molecule has 1 aromatic carbocycles. The van der Waals surface area contributed by atoms with E-state index in [-0.39, 0.29) is 23.7 Å². The molecule has 1 amide bonds. The minimum Gasteiger partial charge on any atom is -0.341 e. The first kappa shape index (κ1) is 15.0. The van der Waals surface area contributed by atoms with E-state index in [9.17, 15) is 9.18 Å². The van der Waals surface area contributed by atoms with Gasteiger partial charge >= 0.3 is 0 Å². The van der Waals surface area contributed by atoms with Gasteiger partial charge in [0.2, 0.25) is 5.91 Å². The molecule has 4 heteroatoms. The van der Waals surface area contributed by atoms with Crippen LogP contribution < -0.4 is 5.73 Å². The average Bonchev–Trinajstić information content (AvgIpc) is 2.37. The summed E-state index contributed by atoms with van der Waals surface area (Å²) >= 11 is 0. The van der Waals surface area contributed by atoms with Crippen LogP contribution in [0.15, 0.2) is 24.3 Å². The Hall–Kier alpha value is -1.42. The maximum Gasteiger partial charge on any atom is 0.222 e. The number of nitrogens with zero attached hydrogens (tertiary/aromatic N) is 1. The van der Waals surface area contributed by atoms with E-state index in [1.807, 2.05) is 24.8 Å². The van der Waals surface area contributed by atoms with Gasteiger partial charge in [0.1, 0.15) is 5.82 Å². The van der Waals surface area contributed by atoms with E-state index in [1.54, 1.807) is 12.1 Å². The lowest BCUT2D eigenvalue weighted by molar-refractivity contribution is -0.133. The summed E-state index contributed by atoms with van der Waals surface area (Å²) in [4.78, 5) is 13.9. The maximum atomic E-state index is 13.3. The van der Waals surface area contributed by atoms with Gasteiger partial charge in [0.05, 0.1) is 0 Å². The van der Waals surface area contributed by atoms with Crippen LogP contribution in [0.2, 0.25) is 0 Å². The normalized spacial score (nSPS) is 23.1. The van der Waals surface area contributed by atoms with Crippen molar-refractivity contribution in [1.82, 2.24) is 4.90 Å². The number of hydrogen-bond acceptors (Lipinski definition) is 2. The van der Waals surface area contributed by atoms with Crippen molar-refractivity contribution in [1.29, 1.82) is 0 Å². The van der Waals surface area contributed by atoms with E-state index in [0.717, 1.165) is 12.0 Å². The van der Waals surface area contributed by atoms with Gasteiger partial charge in [-0.15, -0.1) is 0 Å². The van der Waals surface area contributed by atoms with Gasteiger partial charge in [-0.05, 0) is 30.0 Å². The third kappa shape index (κ3) is 3.57. The standard InChI is InChI=1S/C16H23FN2O/c1-11(2)8-16(20)19-7-6-14(15(18)10-19)12-4-3-5-13(17)9-12/h3-5,9,11,14-15H,6-8,10,18H2,1-2H3. The van der Waals surface area contributed by atoms with Crippen LogP contribution >= 0.6 is 0 Å². The Balaban J connectivity index is 2.01. The summed E-state index contributed by atoms with van der Waals surface area (Å²) in [5.41, 5.74) is 7.14. The van der Waals surface area contributed by atoms with Crippen molar-refractivity contribution in [2.24, 2.45) is 11.7 Å². The monoisotopic (exact) mass is 278 g/mol. The summed E-state index contributed by atoms with van der Waals surface area (Å²) in [6.45, 7) is 5.35. The van der Waals surface area contributed by atoms with Crippen LogP contribution in [0.4, 0.5) is 4.39 Å². The number of piperidine rings is 1. The van der Waals surface area contributed by atoms with Gasteiger partial charge in [0.25, 0.3) is 0 Å². The first-order valence-corrected chi connectivity index (χ1v) is 7.26. The predicted octanol–water partition coefficient (Wildman–Crippen LogP) is 2.52. The topological polar surface area (TPSA) is 46.3 Å². The minimum atomic E-state index is -0.229. The van der Waals surface area contributed by atoms with Crippen LogP contribution in [0, 0.1) is 11.7 Å². The fourth-order valence-electron chi connectivity index (χ4n) is 2.84. The Bertz CT molecular complexity index is 475. The molecule has 1 aliphatic rings. The molecule has 0 spiro atoms. The molecule has 1 heterocycles. The van der Waals surface area contributed by atoms with Crippen molar-refractivity contribution in [2.45, 2.75) is 38.6 Å². The molecule has 0 aromatic heterocycles. The molecule has 0 radical (unpaired) electrons. The maximum absolute atomic E-state index is 13.3. The molecule has 2 unspecified atom stereocenters. The Morgan fingerprint density at radius 3 is 2.85 bits per heavy atom. The summed E-state index contributed by atoms with van der Waals surface area (Å²) in [5.74, 6) is 0.439. The highest BCUT2D eigenvalue weighted by molar-refractivity contribution is 5.76. The van der Waals surface area contributed by atoms with Crippen LogP contribution in [0.25, 0.3) is 0 Å². The number of benzene rings is 1.